The van der Waals surface area contributed by atoms with Crippen LogP contribution in [0.4, 0.5) is 5.00 Å². The number of ether oxygens (including phenoxy) is 3. The number of anilines is 1. The zero-order valence-electron chi connectivity index (χ0n) is 17.1. The third kappa shape index (κ3) is 4.84. The molecule has 2 N–H and O–H groups in total. The van der Waals surface area contributed by atoms with E-state index in [-0.39, 0.29) is 44.9 Å². The number of nitrogen functional groups attached to an aromatic ring is 1. The molecule has 0 amide bonds. The van der Waals surface area contributed by atoms with Crippen molar-refractivity contribution in [2.75, 3.05) is 20.0 Å². The van der Waals surface area contributed by atoms with Crippen molar-refractivity contribution in [2.24, 2.45) is 17.3 Å². The molecule has 0 bridgehead atoms. The predicted octanol–water partition coefficient (Wildman–Crippen LogP) is 3.80. The standard InChI is InChI=1S/C20H29NO6S/c1-20(2,3)12-8-6-11(7-9-12)17(22)27-10-13-14(18(23)25-4)16(21)28-15(13)19(24)26-5/h11-12H,6-10,21H2,1-5H3. The summed E-state index contributed by atoms with van der Waals surface area (Å²) in [6.45, 7) is 6.44. The Morgan fingerprint density at radius 2 is 1.61 bits per heavy atom. The molecule has 1 heterocycles. The zero-order valence-corrected chi connectivity index (χ0v) is 17.9. The van der Waals surface area contributed by atoms with Crippen LogP contribution in [0, 0.1) is 17.3 Å². The number of esters is 3. The molecule has 1 aliphatic rings. The highest BCUT2D eigenvalue weighted by Gasteiger charge is 2.34. The van der Waals surface area contributed by atoms with Crippen LogP contribution in [-0.2, 0) is 25.6 Å². The van der Waals surface area contributed by atoms with E-state index >= 15 is 0 Å². The minimum absolute atomic E-state index is 0.0529. The van der Waals surface area contributed by atoms with Gasteiger partial charge in [0.25, 0.3) is 0 Å². The molecule has 0 unspecified atom stereocenters. The number of thiophene rings is 1. The molecule has 0 atom stereocenters. The largest absolute Gasteiger partial charge is 0.465 e. The van der Waals surface area contributed by atoms with Crippen LogP contribution < -0.4 is 5.73 Å². The van der Waals surface area contributed by atoms with Crippen LogP contribution in [0.2, 0.25) is 0 Å². The molecule has 2 rings (SSSR count). The van der Waals surface area contributed by atoms with E-state index in [4.69, 9.17) is 19.9 Å². The van der Waals surface area contributed by atoms with E-state index in [0.29, 0.717) is 5.92 Å². The molecule has 0 aliphatic heterocycles. The zero-order chi connectivity index (χ0) is 21.1. The average Bonchev–Trinajstić information content (AvgIpc) is 3.00. The first-order valence-corrected chi connectivity index (χ1v) is 10.2. The number of rotatable bonds is 5. The maximum absolute atomic E-state index is 12.6. The van der Waals surface area contributed by atoms with Gasteiger partial charge in [0.1, 0.15) is 22.0 Å². The average molecular weight is 412 g/mol. The predicted molar refractivity (Wildman–Crippen MR) is 106 cm³/mol. The lowest BCUT2D eigenvalue weighted by atomic mass is 9.70. The van der Waals surface area contributed by atoms with Crippen LogP contribution >= 0.6 is 11.3 Å². The second-order valence-electron chi connectivity index (χ2n) is 8.15. The van der Waals surface area contributed by atoms with Crippen LogP contribution in [0.5, 0.6) is 0 Å². The molecule has 0 aromatic carbocycles. The first-order valence-electron chi connectivity index (χ1n) is 9.34. The summed E-state index contributed by atoms with van der Waals surface area (Å²) in [5.41, 5.74) is 6.40. The summed E-state index contributed by atoms with van der Waals surface area (Å²) < 4.78 is 15.0. The number of hydrogen-bond donors (Lipinski definition) is 1. The lowest BCUT2D eigenvalue weighted by Crippen LogP contribution is -2.29. The molecule has 1 fully saturated rings. The van der Waals surface area contributed by atoms with Gasteiger partial charge in [0.05, 0.1) is 20.1 Å². The van der Waals surface area contributed by atoms with Gasteiger partial charge in [0.15, 0.2) is 0 Å². The Morgan fingerprint density at radius 1 is 1.04 bits per heavy atom. The Bertz CT molecular complexity index is 741. The van der Waals surface area contributed by atoms with Gasteiger partial charge in [-0.2, -0.15) is 0 Å². The highest BCUT2D eigenvalue weighted by molar-refractivity contribution is 7.18. The second-order valence-corrected chi connectivity index (χ2v) is 9.21. The van der Waals surface area contributed by atoms with Gasteiger partial charge in [0.2, 0.25) is 0 Å². The molecule has 0 spiro atoms. The number of carbonyl (C=O) groups is 3. The fourth-order valence-electron chi connectivity index (χ4n) is 3.66. The lowest BCUT2D eigenvalue weighted by Gasteiger charge is -2.36. The number of methoxy groups -OCH3 is 2. The van der Waals surface area contributed by atoms with Gasteiger partial charge >= 0.3 is 17.9 Å². The van der Waals surface area contributed by atoms with Gasteiger partial charge in [0, 0.05) is 5.56 Å². The minimum atomic E-state index is -0.680. The van der Waals surface area contributed by atoms with Crippen LogP contribution in [0.25, 0.3) is 0 Å². The first kappa shape index (κ1) is 22.2. The Balaban J connectivity index is 2.10. The molecule has 1 aliphatic carbocycles. The van der Waals surface area contributed by atoms with Crippen molar-refractivity contribution in [1.82, 2.24) is 0 Å². The minimum Gasteiger partial charge on any atom is -0.465 e. The van der Waals surface area contributed by atoms with Gasteiger partial charge in [-0.15, -0.1) is 11.3 Å². The van der Waals surface area contributed by atoms with E-state index in [0.717, 1.165) is 37.0 Å². The summed E-state index contributed by atoms with van der Waals surface area (Å²) >= 11 is 0.919. The van der Waals surface area contributed by atoms with Crippen molar-refractivity contribution >= 4 is 34.2 Å². The summed E-state index contributed by atoms with van der Waals surface area (Å²) in [6.07, 6.45) is 3.52. The molecule has 156 valence electrons. The molecule has 1 aromatic rings. The van der Waals surface area contributed by atoms with E-state index in [1.54, 1.807) is 0 Å². The SMILES string of the molecule is COC(=O)c1sc(N)c(C(=O)OC)c1COC(=O)C1CCC(C(C)(C)C)CC1. The van der Waals surface area contributed by atoms with E-state index in [1.807, 2.05) is 0 Å². The normalized spacial score (nSPS) is 19.8. The summed E-state index contributed by atoms with van der Waals surface area (Å²) in [4.78, 5) is 36.8. The molecule has 8 heteroatoms. The monoisotopic (exact) mass is 411 g/mol. The molecular weight excluding hydrogens is 382 g/mol. The van der Waals surface area contributed by atoms with E-state index in [9.17, 15) is 14.4 Å². The van der Waals surface area contributed by atoms with Gasteiger partial charge in [-0.1, -0.05) is 20.8 Å². The number of nitrogens with two attached hydrogens (primary N) is 1. The molecule has 0 radical (unpaired) electrons. The topological polar surface area (TPSA) is 105 Å². The molecule has 7 nitrogen and oxygen atoms in total. The van der Waals surface area contributed by atoms with Gasteiger partial charge in [-0.05, 0) is 37.0 Å². The van der Waals surface area contributed by atoms with Crippen LogP contribution in [0.15, 0.2) is 0 Å². The Labute approximate surface area is 169 Å². The molecule has 1 aromatic heterocycles. The Morgan fingerprint density at radius 3 is 2.11 bits per heavy atom. The van der Waals surface area contributed by atoms with E-state index in [2.05, 4.69) is 20.8 Å². The lowest BCUT2D eigenvalue weighted by molar-refractivity contribution is -0.151. The van der Waals surface area contributed by atoms with Crippen LogP contribution in [0.3, 0.4) is 0 Å². The second kappa shape index (κ2) is 8.94. The van der Waals surface area contributed by atoms with Gasteiger partial charge < -0.3 is 19.9 Å². The third-order valence-corrected chi connectivity index (χ3v) is 6.48. The fraction of sp³-hybridized carbons (Fsp3) is 0.650. The number of hydrogen-bond acceptors (Lipinski definition) is 8. The molecule has 28 heavy (non-hydrogen) atoms. The van der Waals surface area contributed by atoms with Crippen molar-refractivity contribution in [2.45, 2.75) is 53.1 Å². The Hall–Kier alpha value is -2.09. The fourth-order valence-corrected chi connectivity index (χ4v) is 4.64. The summed E-state index contributed by atoms with van der Waals surface area (Å²) in [7, 11) is 2.46. The van der Waals surface area contributed by atoms with Crippen molar-refractivity contribution in [3.05, 3.63) is 16.0 Å². The maximum atomic E-state index is 12.6. The summed E-state index contributed by atoms with van der Waals surface area (Å²) in [5.74, 6) is -1.21. The number of carbonyl (C=O) groups excluding carboxylic acids is 3. The Kier molecular flexibility index (Phi) is 7.09. The van der Waals surface area contributed by atoms with Crippen LogP contribution in [-0.4, -0.2) is 32.1 Å². The van der Waals surface area contributed by atoms with Crippen molar-refractivity contribution in [1.29, 1.82) is 0 Å². The smallest absolute Gasteiger partial charge is 0.348 e. The highest BCUT2D eigenvalue weighted by Crippen LogP contribution is 2.40. The molecular formula is C20H29NO6S. The first-order chi connectivity index (χ1) is 13.1. The van der Waals surface area contributed by atoms with E-state index in [1.165, 1.54) is 14.2 Å². The van der Waals surface area contributed by atoms with Gasteiger partial charge in [-0.3, -0.25) is 4.79 Å². The van der Waals surface area contributed by atoms with Crippen molar-refractivity contribution < 1.29 is 28.6 Å². The third-order valence-electron chi connectivity index (χ3n) is 5.44. The van der Waals surface area contributed by atoms with Crippen LogP contribution in [0.1, 0.15) is 72.0 Å². The summed E-state index contributed by atoms with van der Waals surface area (Å²) in [6, 6.07) is 0. The molecule has 1 saturated carbocycles. The summed E-state index contributed by atoms with van der Waals surface area (Å²) in [5, 5.41) is 0.129. The maximum Gasteiger partial charge on any atom is 0.348 e. The molecule has 0 saturated heterocycles. The van der Waals surface area contributed by atoms with E-state index < -0.39 is 11.9 Å². The van der Waals surface area contributed by atoms with Gasteiger partial charge in [-0.25, -0.2) is 9.59 Å². The van der Waals surface area contributed by atoms with Crippen molar-refractivity contribution in [3.63, 3.8) is 0 Å². The van der Waals surface area contributed by atoms with Crippen molar-refractivity contribution in [3.8, 4) is 0 Å². The quantitative estimate of drug-likeness (QED) is 0.580. The highest BCUT2D eigenvalue weighted by atomic mass is 32.1.